The maximum atomic E-state index is 12.7. The molecule has 0 aliphatic heterocycles. The summed E-state index contributed by atoms with van der Waals surface area (Å²) in [6, 6.07) is 4.72. The van der Waals surface area contributed by atoms with Gasteiger partial charge in [0.25, 0.3) is 0 Å². The van der Waals surface area contributed by atoms with Crippen LogP contribution in [0.15, 0.2) is 18.2 Å². The van der Waals surface area contributed by atoms with Crippen molar-refractivity contribution in [1.82, 2.24) is 0 Å². The summed E-state index contributed by atoms with van der Waals surface area (Å²) in [6.07, 6.45) is -0.380. The van der Waals surface area contributed by atoms with E-state index in [4.69, 9.17) is 32.7 Å². The Balaban J connectivity index is 2.69. The number of Topliss-reactive ketones (excluding diaryl/α,β-unsaturated/α-hetero) is 1. The molecule has 1 saturated carbocycles. The highest BCUT2D eigenvalue weighted by Crippen LogP contribution is 2.49. The molecule has 2 rings (SSSR count). The molecular weight excluding hydrogens is 395 g/mol. The number of carbonyl (C=O) groups is 3. The van der Waals surface area contributed by atoms with E-state index >= 15 is 0 Å². The Hall–Kier alpha value is -1.63. The molecule has 0 bridgehead atoms. The number of carbonyl (C=O) groups excluding carboxylic acids is 3. The Morgan fingerprint density at radius 2 is 1.78 bits per heavy atom. The maximum absolute atomic E-state index is 12.7. The van der Waals surface area contributed by atoms with Gasteiger partial charge in [0, 0.05) is 12.3 Å². The van der Waals surface area contributed by atoms with Crippen LogP contribution in [0.25, 0.3) is 0 Å². The Kier molecular flexibility index (Phi) is 6.89. The molecule has 1 aliphatic carbocycles. The first-order valence-electron chi connectivity index (χ1n) is 8.67. The molecule has 1 aliphatic rings. The fourth-order valence-corrected chi connectivity index (χ4v) is 4.07. The molecule has 0 saturated heterocycles. The van der Waals surface area contributed by atoms with Crippen LogP contribution in [-0.2, 0) is 23.9 Å². The molecule has 27 heavy (non-hydrogen) atoms. The van der Waals surface area contributed by atoms with Crippen molar-refractivity contribution in [2.24, 2.45) is 11.8 Å². The first kappa shape index (κ1) is 21.7. The van der Waals surface area contributed by atoms with Gasteiger partial charge >= 0.3 is 11.9 Å². The van der Waals surface area contributed by atoms with Crippen molar-refractivity contribution in [2.75, 3.05) is 13.2 Å². The molecule has 8 heteroatoms. The molecule has 1 aromatic rings. The van der Waals surface area contributed by atoms with E-state index in [-0.39, 0.29) is 29.7 Å². The lowest BCUT2D eigenvalue weighted by Crippen LogP contribution is -2.55. The highest BCUT2D eigenvalue weighted by atomic mass is 35.5. The van der Waals surface area contributed by atoms with Crippen LogP contribution in [0.5, 0.6) is 0 Å². The fraction of sp³-hybridized carbons (Fsp3) is 0.526. The van der Waals surface area contributed by atoms with Gasteiger partial charge in [0.1, 0.15) is 5.92 Å². The monoisotopic (exact) mass is 416 g/mol. The van der Waals surface area contributed by atoms with Crippen LogP contribution in [0.4, 0.5) is 0 Å². The van der Waals surface area contributed by atoms with Gasteiger partial charge in [0.05, 0.1) is 34.8 Å². The molecule has 1 N–H and O–H groups in total. The van der Waals surface area contributed by atoms with Gasteiger partial charge in [-0.05, 0) is 32.4 Å². The zero-order valence-corrected chi connectivity index (χ0v) is 16.8. The van der Waals surface area contributed by atoms with Crippen molar-refractivity contribution in [3.63, 3.8) is 0 Å². The summed E-state index contributed by atoms with van der Waals surface area (Å²) in [5.41, 5.74) is -1.41. The van der Waals surface area contributed by atoms with Gasteiger partial charge in [-0.3, -0.25) is 14.4 Å². The summed E-state index contributed by atoms with van der Waals surface area (Å²) in [4.78, 5) is 38.0. The van der Waals surface area contributed by atoms with E-state index < -0.39 is 41.1 Å². The summed E-state index contributed by atoms with van der Waals surface area (Å²) in [5, 5.41) is 11.2. The van der Waals surface area contributed by atoms with Gasteiger partial charge in [0.15, 0.2) is 5.78 Å². The number of aliphatic hydroxyl groups is 1. The third-order valence-electron chi connectivity index (χ3n) is 4.69. The molecule has 1 aromatic carbocycles. The van der Waals surface area contributed by atoms with Gasteiger partial charge in [-0.2, -0.15) is 0 Å². The quantitative estimate of drug-likeness (QED) is 0.585. The Bertz CT molecular complexity index is 746. The lowest BCUT2D eigenvalue weighted by molar-refractivity contribution is -0.172. The van der Waals surface area contributed by atoms with Crippen LogP contribution in [0, 0.1) is 11.8 Å². The Morgan fingerprint density at radius 3 is 2.37 bits per heavy atom. The van der Waals surface area contributed by atoms with Gasteiger partial charge in [0.2, 0.25) is 0 Å². The van der Waals surface area contributed by atoms with E-state index in [0.29, 0.717) is 5.56 Å². The van der Waals surface area contributed by atoms with Gasteiger partial charge in [-0.15, -0.1) is 0 Å². The number of ketones is 1. The summed E-state index contributed by atoms with van der Waals surface area (Å²) in [7, 11) is 0. The minimum atomic E-state index is -1.72. The van der Waals surface area contributed by atoms with Crippen LogP contribution in [0.2, 0.25) is 10.0 Å². The molecule has 0 aromatic heterocycles. The van der Waals surface area contributed by atoms with E-state index in [2.05, 4.69) is 0 Å². The van der Waals surface area contributed by atoms with E-state index in [1.807, 2.05) is 0 Å². The number of hydrogen-bond donors (Lipinski definition) is 1. The van der Waals surface area contributed by atoms with Crippen LogP contribution >= 0.6 is 23.2 Å². The second kappa shape index (κ2) is 8.59. The molecule has 1 fully saturated rings. The Labute approximate surface area is 167 Å². The van der Waals surface area contributed by atoms with Crippen molar-refractivity contribution in [2.45, 2.75) is 38.7 Å². The van der Waals surface area contributed by atoms with Crippen LogP contribution < -0.4 is 0 Å². The second-order valence-corrected chi connectivity index (χ2v) is 7.41. The van der Waals surface area contributed by atoms with Crippen molar-refractivity contribution in [3.8, 4) is 0 Å². The van der Waals surface area contributed by atoms with E-state index in [1.165, 1.54) is 6.92 Å². The van der Waals surface area contributed by atoms with E-state index in [0.717, 1.165) is 0 Å². The summed E-state index contributed by atoms with van der Waals surface area (Å²) in [6.45, 7) is 4.77. The van der Waals surface area contributed by atoms with Crippen LogP contribution in [0.3, 0.4) is 0 Å². The molecule has 0 radical (unpaired) electrons. The van der Waals surface area contributed by atoms with E-state index in [9.17, 15) is 19.5 Å². The lowest BCUT2D eigenvalue weighted by atomic mass is 9.61. The average Bonchev–Trinajstić information content (AvgIpc) is 2.56. The predicted octanol–water partition coefficient (Wildman–Crippen LogP) is 3.16. The van der Waals surface area contributed by atoms with Crippen LogP contribution in [0.1, 0.15) is 38.7 Å². The molecule has 0 spiro atoms. The molecule has 0 heterocycles. The summed E-state index contributed by atoms with van der Waals surface area (Å²) < 4.78 is 10.2. The average molecular weight is 417 g/mol. The normalized spacial score (nSPS) is 27.9. The number of ether oxygens (including phenoxy) is 2. The van der Waals surface area contributed by atoms with Gasteiger partial charge < -0.3 is 14.6 Å². The number of hydrogen-bond acceptors (Lipinski definition) is 6. The van der Waals surface area contributed by atoms with Gasteiger partial charge in [-0.25, -0.2) is 0 Å². The third-order valence-corrected chi connectivity index (χ3v) is 5.52. The van der Waals surface area contributed by atoms with Crippen molar-refractivity contribution in [3.05, 3.63) is 33.8 Å². The third kappa shape index (κ3) is 4.28. The smallest absolute Gasteiger partial charge is 0.317 e. The second-order valence-electron chi connectivity index (χ2n) is 6.63. The largest absolute Gasteiger partial charge is 0.466 e. The highest BCUT2D eigenvalue weighted by Gasteiger charge is 2.57. The van der Waals surface area contributed by atoms with Crippen molar-refractivity contribution >= 4 is 40.9 Å². The summed E-state index contributed by atoms with van der Waals surface area (Å²) in [5.74, 6) is -5.57. The van der Waals surface area contributed by atoms with E-state index in [1.54, 1.807) is 32.0 Å². The molecular formula is C19H22Cl2O6. The number of rotatable bonds is 5. The number of benzene rings is 1. The van der Waals surface area contributed by atoms with Crippen LogP contribution in [-0.4, -0.2) is 41.6 Å². The molecule has 4 atom stereocenters. The van der Waals surface area contributed by atoms with Gasteiger partial charge in [-0.1, -0.05) is 35.3 Å². The minimum Gasteiger partial charge on any atom is -0.466 e. The lowest BCUT2D eigenvalue weighted by Gasteiger charge is -2.43. The molecule has 0 amide bonds. The zero-order valence-electron chi connectivity index (χ0n) is 15.3. The van der Waals surface area contributed by atoms with Crippen molar-refractivity contribution in [1.29, 1.82) is 0 Å². The molecule has 4 unspecified atom stereocenters. The summed E-state index contributed by atoms with van der Waals surface area (Å²) >= 11 is 12.4. The molecule has 6 nitrogen and oxygen atoms in total. The topological polar surface area (TPSA) is 89.9 Å². The SMILES string of the molecule is CCOC(=O)C1C(=O)CC(C)(O)C(C(=O)OCC)C1c1cccc(Cl)c1Cl. The first-order valence-corrected chi connectivity index (χ1v) is 9.43. The number of esters is 2. The maximum Gasteiger partial charge on any atom is 0.317 e. The first-order chi connectivity index (χ1) is 12.7. The zero-order chi connectivity index (χ0) is 20.4. The van der Waals surface area contributed by atoms with Crippen molar-refractivity contribution < 1.29 is 29.0 Å². The highest BCUT2D eigenvalue weighted by molar-refractivity contribution is 6.42. The minimum absolute atomic E-state index is 0.0685. The fourth-order valence-electron chi connectivity index (χ4n) is 3.63. The standard InChI is InChI=1S/C19H22Cl2O6/c1-4-26-17(23)14-12(22)9-19(3,25)15(18(24)27-5-2)13(14)10-7-6-8-11(20)16(10)21/h6-8,13-15,25H,4-5,9H2,1-3H3. The number of halogens is 2. The molecule has 148 valence electrons. The predicted molar refractivity (Wildman–Crippen MR) is 99.7 cm³/mol. The Morgan fingerprint density at radius 1 is 1.19 bits per heavy atom.